The molecule has 2 rings (SSSR count). The number of nitrogens with two attached hydrogens (primary N) is 1. The normalized spacial score (nSPS) is 9.76. The van der Waals surface area contributed by atoms with Gasteiger partial charge in [0.15, 0.2) is 17.3 Å². The maximum Gasteiger partial charge on any atom is 0.196 e. The van der Waals surface area contributed by atoms with E-state index in [1.165, 1.54) is 14.2 Å². The summed E-state index contributed by atoms with van der Waals surface area (Å²) >= 11 is 0. The highest BCUT2D eigenvalue weighted by atomic mass is 16.5. The Hall–Kier alpha value is -3.00. The van der Waals surface area contributed by atoms with E-state index in [4.69, 9.17) is 20.5 Å². The Morgan fingerprint density at radius 2 is 1.81 bits per heavy atom. The Labute approximate surface area is 122 Å². The molecule has 5 nitrogen and oxygen atoms in total. The van der Waals surface area contributed by atoms with Gasteiger partial charge in [0, 0.05) is 11.1 Å². The monoisotopic (exact) mass is 282 g/mol. The number of ether oxygens (including phenoxy) is 2. The van der Waals surface area contributed by atoms with Crippen molar-refractivity contribution in [2.24, 2.45) is 0 Å². The highest BCUT2D eigenvalue weighted by molar-refractivity contribution is 6.14. The number of nitrogen functional groups attached to an aromatic ring is 1. The summed E-state index contributed by atoms with van der Waals surface area (Å²) in [6, 6.07) is 11.8. The van der Waals surface area contributed by atoms with E-state index in [0.29, 0.717) is 22.6 Å². The fourth-order valence-electron chi connectivity index (χ4n) is 2.07. The molecule has 0 fully saturated rings. The number of hydrogen-bond donors (Lipinski definition) is 1. The maximum atomic E-state index is 12.6. The molecule has 0 heterocycles. The molecule has 0 saturated carbocycles. The second-order valence-corrected chi connectivity index (χ2v) is 4.25. The zero-order chi connectivity index (χ0) is 15.4. The third-order valence-corrected chi connectivity index (χ3v) is 3.12. The quantitative estimate of drug-likeness (QED) is 0.687. The van der Waals surface area contributed by atoms with Crippen LogP contribution in [0.4, 0.5) is 5.69 Å². The molecule has 0 saturated heterocycles. The number of anilines is 1. The third-order valence-electron chi connectivity index (χ3n) is 3.12. The van der Waals surface area contributed by atoms with Crippen LogP contribution in [-0.2, 0) is 0 Å². The van der Waals surface area contributed by atoms with Crippen molar-refractivity contribution in [2.75, 3.05) is 20.0 Å². The minimum atomic E-state index is -0.328. The molecular weight excluding hydrogens is 268 g/mol. The number of nitrogens with zero attached hydrogens (tertiary/aromatic N) is 1. The summed E-state index contributed by atoms with van der Waals surface area (Å²) in [7, 11) is 2.94. The average molecular weight is 282 g/mol. The highest BCUT2D eigenvalue weighted by Gasteiger charge is 2.20. The molecule has 0 atom stereocenters. The van der Waals surface area contributed by atoms with Crippen molar-refractivity contribution in [1.29, 1.82) is 5.26 Å². The molecule has 0 aliphatic rings. The van der Waals surface area contributed by atoms with Gasteiger partial charge in [-0.3, -0.25) is 4.79 Å². The Balaban J connectivity index is 2.57. The first-order valence-electron chi connectivity index (χ1n) is 6.18. The standard InChI is InChI=1S/C16H14N2O3/c1-20-13-8-7-12(14(18)16(13)21-2)15(19)11-6-4-3-5-10(11)9-17/h3-8H,18H2,1-2H3. The van der Waals surface area contributed by atoms with Gasteiger partial charge in [-0.15, -0.1) is 0 Å². The summed E-state index contributed by atoms with van der Waals surface area (Å²) in [6.07, 6.45) is 0. The maximum absolute atomic E-state index is 12.6. The highest BCUT2D eigenvalue weighted by Crippen LogP contribution is 2.36. The molecule has 0 aliphatic heterocycles. The van der Waals surface area contributed by atoms with Gasteiger partial charge in [-0.1, -0.05) is 12.1 Å². The van der Waals surface area contributed by atoms with Gasteiger partial charge in [-0.2, -0.15) is 5.26 Å². The van der Waals surface area contributed by atoms with Crippen LogP contribution in [0.3, 0.4) is 0 Å². The predicted molar refractivity (Wildman–Crippen MR) is 78.5 cm³/mol. The number of rotatable bonds is 4. The Kier molecular flexibility index (Phi) is 4.10. The largest absolute Gasteiger partial charge is 0.493 e. The van der Waals surface area contributed by atoms with Gasteiger partial charge in [-0.05, 0) is 24.3 Å². The minimum Gasteiger partial charge on any atom is -0.493 e. The van der Waals surface area contributed by atoms with Crippen LogP contribution in [0.1, 0.15) is 21.5 Å². The van der Waals surface area contributed by atoms with Crippen molar-refractivity contribution in [3.8, 4) is 17.6 Å². The van der Waals surface area contributed by atoms with Gasteiger partial charge in [0.2, 0.25) is 0 Å². The first-order valence-corrected chi connectivity index (χ1v) is 6.18. The second kappa shape index (κ2) is 5.97. The van der Waals surface area contributed by atoms with Crippen LogP contribution >= 0.6 is 0 Å². The zero-order valence-corrected chi connectivity index (χ0v) is 11.7. The number of ketones is 1. The molecule has 2 aromatic carbocycles. The Morgan fingerprint density at radius 3 is 2.43 bits per heavy atom. The summed E-state index contributed by atoms with van der Waals surface area (Å²) in [5.74, 6) is 0.420. The van der Waals surface area contributed by atoms with E-state index >= 15 is 0 Å². The van der Waals surface area contributed by atoms with Gasteiger partial charge in [-0.25, -0.2) is 0 Å². The first-order chi connectivity index (χ1) is 10.1. The topological polar surface area (TPSA) is 85.3 Å². The predicted octanol–water partition coefficient (Wildman–Crippen LogP) is 2.39. The summed E-state index contributed by atoms with van der Waals surface area (Å²) in [5, 5.41) is 9.09. The number of methoxy groups -OCH3 is 2. The molecule has 0 unspecified atom stereocenters. The summed E-state index contributed by atoms with van der Waals surface area (Å²) in [5.41, 5.74) is 7.06. The number of benzene rings is 2. The molecule has 106 valence electrons. The molecule has 0 radical (unpaired) electrons. The third kappa shape index (κ3) is 2.51. The molecule has 0 bridgehead atoms. The molecule has 5 heteroatoms. The van der Waals surface area contributed by atoms with E-state index in [1.54, 1.807) is 36.4 Å². The van der Waals surface area contributed by atoms with Crippen molar-refractivity contribution >= 4 is 11.5 Å². The number of nitriles is 1. The van der Waals surface area contributed by atoms with Gasteiger partial charge in [0.1, 0.15) is 0 Å². The summed E-state index contributed by atoms with van der Waals surface area (Å²) in [4.78, 5) is 12.6. The van der Waals surface area contributed by atoms with Crippen LogP contribution in [0.25, 0.3) is 0 Å². The van der Waals surface area contributed by atoms with Gasteiger partial charge in [0.25, 0.3) is 0 Å². The van der Waals surface area contributed by atoms with Crippen LogP contribution < -0.4 is 15.2 Å². The van der Waals surface area contributed by atoms with Gasteiger partial charge >= 0.3 is 0 Å². The molecule has 2 N–H and O–H groups in total. The number of carbonyl (C=O) groups is 1. The van der Waals surface area contributed by atoms with Crippen LogP contribution in [-0.4, -0.2) is 20.0 Å². The van der Waals surface area contributed by atoms with Crippen molar-refractivity contribution in [1.82, 2.24) is 0 Å². The van der Waals surface area contributed by atoms with Crippen molar-refractivity contribution in [2.45, 2.75) is 0 Å². The van der Waals surface area contributed by atoms with Crippen LogP contribution in [0, 0.1) is 11.3 Å². The molecular formula is C16H14N2O3. The molecule has 0 aliphatic carbocycles. The number of carbonyl (C=O) groups excluding carboxylic acids is 1. The SMILES string of the molecule is COc1ccc(C(=O)c2ccccc2C#N)c(N)c1OC. The Bertz CT molecular complexity index is 733. The van der Waals surface area contributed by atoms with E-state index in [2.05, 4.69) is 0 Å². The lowest BCUT2D eigenvalue weighted by Crippen LogP contribution is -2.09. The van der Waals surface area contributed by atoms with E-state index < -0.39 is 0 Å². The van der Waals surface area contributed by atoms with E-state index in [9.17, 15) is 4.79 Å². The lowest BCUT2D eigenvalue weighted by molar-refractivity contribution is 0.103. The van der Waals surface area contributed by atoms with Crippen molar-refractivity contribution in [3.05, 3.63) is 53.1 Å². The molecule has 21 heavy (non-hydrogen) atoms. The lowest BCUT2D eigenvalue weighted by Gasteiger charge is -2.13. The first kappa shape index (κ1) is 14.4. The lowest BCUT2D eigenvalue weighted by atomic mass is 9.97. The molecule has 0 amide bonds. The number of hydrogen-bond acceptors (Lipinski definition) is 5. The van der Waals surface area contributed by atoms with Gasteiger partial charge in [0.05, 0.1) is 31.5 Å². The average Bonchev–Trinajstić information content (AvgIpc) is 2.53. The second-order valence-electron chi connectivity index (χ2n) is 4.25. The fourth-order valence-corrected chi connectivity index (χ4v) is 2.07. The van der Waals surface area contributed by atoms with Crippen molar-refractivity contribution < 1.29 is 14.3 Å². The summed E-state index contributed by atoms with van der Waals surface area (Å²) in [6.45, 7) is 0. The van der Waals surface area contributed by atoms with E-state index in [1.807, 2.05) is 6.07 Å². The smallest absolute Gasteiger partial charge is 0.196 e. The molecule has 0 aromatic heterocycles. The van der Waals surface area contributed by atoms with Gasteiger partial charge < -0.3 is 15.2 Å². The van der Waals surface area contributed by atoms with Crippen LogP contribution in [0.5, 0.6) is 11.5 Å². The fraction of sp³-hybridized carbons (Fsp3) is 0.125. The van der Waals surface area contributed by atoms with E-state index in [-0.39, 0.29) is 17.0 Å². The van der Waals surface area contributed by atoms with Crippen molar-refractivity contribution in [3.63, 3.8) is 0 Å². The zero-order valence-electron chi connectivity index (χ0n) is 11.7. The Morgan fingerprint density at radius 1 is 1.10 bits per heavy atom. The van der Waals surface area contributed by atoms with Crippen LogP contribution in [0.2, 0.25) is 0 Å². The van der Waals surface area contributed by atoms with E-state index in [0.717, 1.165) is 0 Å². The molecule has 0 spiro atoms. The molecule has 2 aromatic rings. The summed E-state index contributed by atoms with van der Waals surface area (Å²) < 4.78 is 10.3. The van der Waals surface area contributed by atoms with Crippen LogP contribution in [0.15, 0.2) is 36.4 Å². The minimum absolute atomic E-state index is 0.189.